The second-order valence-corrected chi connectivity index (χ2v) is 6.09. The highest BCUT2D eigenvalue weighted by molar-refractivity contribution is 4.90. The standard InChI is InChI=1S/C13H25NO6.C2H4.2CH4/c1-8(14)20-16-7-10-11(19-13(4,5)18-10)9-6-15-12(2,3)17-9;1-2;;/h8-11H,6-7,14H2,1-5H3;1-2H2;2*1H4. The Hall–Kier alpha value is -0.540. The smallest absolute Gasteiger partial charge is 0.164 e. The van der Waals surface area contributed by atoms with Gasteiger partial charge in [0.1, 0.15) is 31.1 Å². The Balaban J connectivity index is 0. The molecule has 7 heteroatoms. The number of hydrogen-bond acceptors (Lipinski definition) is 7. The first-order valence-electron chi connectivity index (χ1n) is 7.40. The molecule has 0 spiro atoms. The zero-order valence-electron chi connectivity index (χ0n) is 14.2. The predicted molar refractivity (Wildman–Crippen MR) is 94.1 cm³/mol. The monoisotopic (exact) mass is 351 g/mol. The Bertz CT molecular complexity index is 348. The second-order valence-electron chi connectivity index (χ2n) is 6.09. The van der Waals surface area contributed by atoms with Gasteiger partial charge in [-0.2, -0.15) is 0 Å². The van der Waals surface area contributed by atoms with E-state index in [1.165, 1.54) is 0 Å². The van der Waals surface area contributed by atoms with Crippen LogP contribution in [0.2, 0.25) is 0 Å². The highest BCUT2D eigenvalue weighted by Gasteiger charge is 2.49. The summed E-state index contributed by atoms with van der Waals surface area (Å²) in [6.07, 6.45) is -1.26. The fourth-order valence-corrected chi connectivity index (χ4v) is 2.40. The maximum absolute atomic E-state index is 5.90. The number of nitrogens with two attached hydrogens (primary N) is 1. The molecule has 2 aliphatic heterocycles. The van der Waals surface area contributed by atoms with Crippen LogP contribution in [0.3, 0.4) is 0 Å². The molecule has 146 valence electrons. The van der Waals surface area contributed by atoms with Crippen LogP contribution in [0.15, 0.2) is 13.2 Å². The summed E-state index contributed by atoms with van der Waals surface area (Å²) in [5.74, 6) is -1.29. The minimum absolute atomic E-state index is 0. The van der Waals surface area contributed by atoms with Crippen molar-refractivity contribution in [1.82, 2.24) is 0 Å². The van der Waals surface area contributed by atoms with Gasteiger partial charge in [-0.25, -0.2) is 9.78 Å². The lowest BCUT2D eigenvalue weighted by atomic mass is 10.1. The Morgan fingerprint density at radius 2 is 1.67 bits per heavy atom. The van der Waals surface area contributed by atoms with E-state index in [9.17, 15) is 0 Å². The molecule has 2 saturated heterocycles. The van der Waals surface area contributed by atoms with E-state index >= 15 is 0 Å². The van der Waals surface area contributed by atoms with Crippen molar-refractivity contribution in [2.75, 3.05) is 13.2 Å². The van der Waals surface area contributed by atoms with Crippen LogP contribution in [0.25, 0.3) is 0 Å². The van der Waals surface area contributed by atoms with Crippen molar-refractivity contribution < 1.29 is 28.7 Å². The Morgan fingerprint density at radius 3 is 2.12 bits per heavy atom. The molecule has 2 fully saturated rings. The number of rotatable bonds is 5. The van der Waals surface area contributed by atoms with Gasteiger partial charge >= 0.3 is 0 Å². The zero-order chi connectivity index (χ0) is 17.0. The molecular weight excluding hydrogens is 314 g/mol. The van der Waals surface area contributed by atoms with Crippen molar-refractivity contribution in [2.24, 2.45) is 5.73 Å². The molecule has 0 aromatic rings. The van der Waals surface area contributed by atoms with Gasteiger partial charge in [-0.15, -0.1) is 13.2 Å². The predicted octanol–water partition coefficient (Wildman–Crippen LogP) is 2.99. The Labute approximate surface area is 147 Å². The normalized spacial score (nSPS) is 31.2. The summed E-state index contributed by atoms with van der Waals surface area (Å²) in [5, 5.41) is 0. The van der Waals surface area contributed by atoms with E-state index in [0.717, 1.165) is 0 Å². The van der Waals surface area contributed by atoms with E-state index in [0.29, 0.717) is 6.61 Å². The average Bonchev–Trinajstić information content (AvgIpc) is 2.91. The topological polar surface area (TPSA) is 81.4 Å². The van der Waals surface area contributed by atoms with Crippen LogP contribution in [0.5, 0.6) is 0 Å². The van der Waals surface area contributed by atoms with Crippen LogP contribution < -0.4 is 5.73 Å². The fourth-order valence-electron chi connectivity index (χ4n) is 2.40. The first-order chi connectivity index (χ1) is 10.2. The molecule has 24 heavy (non-hydrogen) atoms. The third-order valence-electron chi connectivity index (χ3n) is 3.07. The molecule has 0 saturated carbocycles. The van der Waals surface area contributed by atoms with E-state index in [1.54, 1.807) is 6.92 Å². The lowest BCUT2D eigenvalue weighted by Crippen LogP contribution is -2.40. The molecule has 2 rings (SSSR count). The summed E-state index contributed by atoms with van der Waals surface area (Å²) in [4.78, 5) is 9.98. The van der Waals surface area contributed by atoms with Gasteiger partial charge in [0.25, 0.3) is 0 Å². The van der Waals surface area contributed by atoms with E-state index in [1.807, 2.05) is 27.7 Å². The van der Waals surface area contributed by atoms with Gasteiger partial charge in [0.15, 0.2) is 11.6 Å². The number of hydrogen-bond donors (Lipinski definition) is 1. The molecule has 2 N–H and O–H groups in total. The van der Waals surface area contributed by atoms with Crippen molar-refractivity contribution >= 4 is 0 Å². The molecule has 0 aromatic heterocycles. The molecule has 0 aromatic carbocycles. The Kier molecular flexibility index (Phi) is 11.2. The molecule has 0 aliphatic carbocycles. The van der Waals surface area contributed by atoms with Crippen LogP contribution in [0, 0.1) is 0 Å². The van der Waals surface area contributed by atoms with E-state index in [-0.39, 0.29) is 39.8 Å². The average molecular weight is 351 g/mol. The summed E-state index contributed by atoms with van der Waals surface area (Å²) in [6, 6.07) is 0. The van der Waals surface area contributed by atoms with Crippen LogP contribution in [-0.4, -0.2) is 49.3 Å². The summed E-state index contributed by atoms with van der Waals surface area (Å²) < 4.78 is 23.1. The SMILES string of the molecule is C.C.C=C.CC(N)OOCC1OC(C)(C)OC1C1COC(C)(C)O1. The van der Waals surface area contributed by atoms with Gasteiger partial charge < -0.3 is 24.7 Å². The maximum Gasteiger partial charge on any atom is 0.164 e. The van der Waals surface area contributed by atoms with Gasteiger partial charge in [0.2, 0.25) is 0 Å². The lowest BCUT2D eigenvalue weighted by Gasteiger charge is -2.23. The van der Waals surface area contributed by atoms with E-state index in [2.05, 4.69) is 13.2 Å². The van der Waals surface area contributed by atoms with Gasteiger partial charge in [0, 0.05) is 0 Å². The highest BCUT2D eigenvalue weighted by atomic mass is 17.2. The van der Waals surface area contributed by atoms with Crippen molar-refractivity contribution in [3.63, 3.8) is 0 Å². The molecule has 0 bridgehead atoms. The molecule has 0 radical (unpaired) electrons. The van der Waals surface area contributed by atoms with Crippen molar-refractivity contribution in [1.29, 1.82) is 0 Å². The third kappa shape index (κ3) is 7.57. The van der Waals surface area contributed by atoms with E-state index < -0.39 is 17.8 Å². The molecule has 2 heterocycles. The first kappa shape index (κ1) is 25.7. The molecule has 7 nitrogen and oxygen atoms in total. The lowest BCUT2D eigenvalue weighted by molar-refractivity contribution is -0.331. The van der Waals surface area contributed by atoms with Gasteiger partial charge in [0.05, 0.1) is 6.61 Å². The first-order valence-corrected chi connectivity index (χ1v) is 7.40. The van der Waals surface area contributed by atoms with Crippen LogP contribution in [0.4, 0.5) is 0 Å². The van der Waals surface area contributed by atoms with Gasteiger partial charge in [-0.3, -0.25) is 0 Å². The van der Waals surface area contributed by atoms with Crippen molar-refractivity contribution in [3.8, 4) is 0 Å². The largest absolute Gasteiger partial charge is 0.348 e. The summed E-state index contributed by atoms with van der Waals surface area (Å²) in [5.41, 5.74) is 5.46. The molecular formula is C17H37NO6. The molecule has 4 unspecified atom stereocenters. The van der Waals surface area contributed by atoms with Gasteiger partial charge in [-0.05, 0) is 34.6 Å². The molecule has 2 aliphatic rings. The zero-order valence-corrected chi connectivity index (χ0v) is 14.2. The van der Waals surface area contributed by atoms with Gasteiger partial charge in [-0.1, -0.05) is 14.9 Å². The van der Waals surface area contributed by atoms with Crippen molar-refractivity contribution in [3.05, 3.63) is 13.2 Å². The third-order valence-corrected chi connectivity index (χ3v) is 3.07. The van der Waals surface area contributed by atoms with Crippen LogP contribution in [-0.2, 0) is 28.7 Å². The number of ether oxygens (including phenoxy) is 4. The van der Waals surface area contributed by atoms with Crippen LogP contribution >= 0.6 is 0 Å². The van der Waals surface area contributed by atoms with E-state index in [4.69, 9.17) is 34.5 Å². The quantitative estimate of drug-likeness (QED) is 0.353. The Morgan fingerprint density at radius 1 is 1.08 bits per heavy atom. The molecule has 0 amide bonds. The summed E-state index contributed by atoms with van der Waals surface area (Å²) in [6.45, 7) is 15.8. The molecule has 4 atom stereocenters. The second kappa shape index (κ2) is 10.5. The highest BCUT2D eigenvalue weighted by Crippen LogP contribution is 2.35. The maximum atomic E-state index is 5.90. The minimum atomic E-state index is -0.691. The summed E-state index contributed by atoms with van der Waals surface area (Å²) in [7, 11) is 0. The minimum Gasteiger partial charge on any atom is -0.348 e. The van der Waals surface area contributed by atoms with Crippen LogP contribution in [0.1, 0.15) is 49.5 Å². The van der Waals surface area contributed by atoms with Crippen molar-refractivity contribution in [2.45, 2.75) is 85.6 Å². The fraction of sp³-hybridized carbons (Fsp3) is 0.882. The summed E-state index contributed by atoms with van der Waals surface area (Å²) >= 11 is 0.